The third-order valence-corrected chi connectivity index (χ3v) is 2.93. The summed E-state index contributed by atoms with van der Waals surface area (Å²) in [6.07, 6.45) is 3.82. The lowest BCUT2D eigenvalue weighted by atomic mass is 9.92. The van der Waals surface area contributed by atoms with Crippen LogP contribution >= 0.6 is 0 Å². The van der Waals surface area contributed by atoms with Crippen LogP contribution in [0.15, 0.2) is 24.3 Å². The number of nitrogens with one attached hydrogen (secondary N) is 1. The SMILES string of the molecule is O[C@@H]1CCCC[C@@H]1Nc1ccc(F)cc1. The maximum Gasteiger partial charge on any atom is 0.123 e. The fourth-order valence-corrected chi connectivity index (χ4v) is 2.04. The summed E-state index contributed by atoms with van der Waals surface area (Å²) in [4.78, 5) is 0. The normalized spacial score (nSPS) is 26.3. The average molecular weight is 209 g/mol. The first kappa shape index (κ1) is 10.4. The Kier molecular flexibility index (Phi) is 3.21. The highest BCUT2D eigenvalue weighted by Crippen LogP contribution is 2.22. The molecule has 0 saturated heterocycles. The molecule has 2 atom stereocenters. The molecule has 2 nitrogen and oxygen atoms in total. The van der Waals surface area contributed by atoms with Crippen molar-refractivity contribution in [2.75, 3.05) is 5.32 Å². The Labute approximate surface area is 89.1 Å². The number of aliphatic hydroxyl groups excluding tert-OH is 1. The van der Waals surface area contributed by atoms with Crippen molar-refractivity contribution in [1.82, 2.24) is 0 Å². The zero-order valence-electron chi connectivity index (χ0n) is 8.62. The van der Waals surface area contributed by atoms with E-state index in [1.807, 2.05) is 0 Å². The van der Waals surface area contributed by atoms with Crippen LogP contribution in [-0.2, 0) is 0 Å². The molecular weight excluding hydrogens is 193 g/mol. The quantitative estimate of drug-likeness (QED) is 0.784. The van der Waals surface area contributed by atoms with Gasteiger partial charge in [-0.2, -0.15) is 0 Å². The summed E-state index contributed by atoms with van der Waals surface area (Å²) in [5, 5.41) is 13.0. The standard InChI is InChI=1S/C12H16FNO/c13-9-5-7-10(8-6-9)14-11-3-1-2-4-12(11)15/h5-8,11-12,14-15H,1-4H2/t11-,12+/m0/s1. The summed E-state index contributed by atoms with van der Waals surface area (Å²) >= 11 is 0. The first-order valence-electron chi connectivity index (χ1n) is 5.46. The summed E-state index contributed by atoms with van der Waals surface area (Å²) in [6.45, 7) is 0. The van der Waals surface area contributed by atoms with Crippen molar-refractivity contribution in [2.45, 2.75) is 37.8 Å². The van der Waals surface area contributed by atoms with Gasteiger partial charge in [0.05, 0.1) is 12.1 Å². The van der Waals surface area contributed by atoms with Crippen LogP contribution in [0, 0.1) is 5.82 Å². The van der Waals surface area contributed by atoms with Crippen LogP contribution in [-0.4, -0.2) is 17.3 Å². The highest BCUT2D eigenvalue weighted by Gasteiger charge is 2.22. The van der Waals surface area contributed by atoms with Crippen LogP contribution in [0.2, 0.25) is 0 Å². The molecule has 0 aromatic heterocycles. The minimum absolute atomic E-state index is 0.115. The van der Waals surface area contributed by atoms with Gasteiger partial charge in [0, 0.05) is 5.69 Å². The van der Waals surface area contributed by atoms with Crippen LogP contribution in [0.1, 0.15) is 25.7 Å². The van der Waals surface area contributed by atoms with E-state index >= 15 is 0 Å². The Bertz CT molecular complexity index is 312. The maximum absolute atomic E-state index is 12.7. The van der Waals surface area contributed by atoms with Crippen LogP contribution in [0.3, 0.4) is 0 Å². The number of aliphatic hydroxyl groups is 1. The fraction of sp³-hybridized carbons (Fsp3) is 0.500. The largest absolute Gasteiger partial charge is 0.391 e. The van der Waals surface area contributed by atoms with E-state index in [4.69, 9.17) is 0 Å². The van der Waals surface area contributed by atoms with E-state index in [0.717, 1.165) is 31.4 Å². The monoisotopic (exact) mass is 209 g/mol. The van der Waals surface area contributed by atoms with Crippen molar-refractivity contribution in [2.24, 2.45) is 0 Å². The van der Waals surface area contributed by atoms with Crippen LogP contribution in [0.5, 0.6) is 0 Å². The average Bonchev–Trinajstić information content (AvgIpc) is 2.25. The van der Waals surface area contributed by atoms with E-state index in [1.165, 1.54) is 12.1 Å². The Balaban J connectivity index is 1.98. The predicted octanol–water partition coefficient (Wildman–Crippen LogP) is 2.54. The van der Waals surface area contributed by atoms with Crippen molar-refractivity contribution in [1.29, 1.82) is 0 Å². The van der Waals surface area contributed by atoms with Crippen molar-refractivity contribution < 1.29 is 9.50 Å². The van der Waals surface area contributed by atoms with Crippen LogP contribution in [0.4, 0.5) is 10.1 Å². The highest BCUT2D eigenvalue weighted by atomic mass is 19.1. The molecule has 0 bridgehead atoms. The lowest BCUT2D eigenvalue weighted by Crippen LogP contribution is -2.36. The summed E-state index contributed by atoms with van der Waals surface area (Å²) in [5.41, 5.74) is 0.877. The molecule has 1 aliphatic rings. The minimum atomic E-state index is -0.274. The van der Waals surface area contributed by atoms with Gasteiger partial charge in [-0.25, -0.2) is 4.39 Å². The van der Waals surface area contributed by atoms with Gasteiger partial charge in [-0.3, -0.25) is 0 Å². The third-order valence-electron chi connectivity index (χ3n) is 2.93. The molecule has 0 heterocycles. The van der Waals surface area contributed by atoms with Gasteiger partial charge in [-0.15, -0.1) is 0 Å². The number of hydrogen-bond acceptors (Lipinski definition) is 2. The third kappa shape index (κ3) is 2.69. The van der Waals surface area contributed by atoms with E-state index in [9.17, 15) is 9.50 Å². The Morgan fingerprint density at radius 2 is 1.80 bits per heavy atom. The van der Waals surface area contributed by atoms with E-state index in [2.05, 4.69) is 5.32 Å². The Hall–Kier alpha value is -1.09. The molecule has 1 aromatic rings. The molecule has 2 rings (SSSR count). The Morgan fingerprint density at radius 3 is 2.47 bits per heavy atom. The van der Waals surface area contributed by atoms with Gasteiger partial charge < -0.3 is 10.4 Å². The van der Waals surface area contributed by atoms with Crippen molar-refractivity contribution in [3.8, 4) is 0 Å². The smallest absolute Gasteiger partial charge is 0.123 e. The molecule has 0 unspecified atom stereocenters. The number of anilines is 1. The highest BCUT2D eigenvalue weighted by molar-refractivity contribution is 5.44. The second-order valence-electron chi connectivity index (χ2n) is 4.11. The van der Waals surface area contributed by atoms with Crippen LogP contribution < -0.4 is 5.32 Å². The molecule has 1 saturated carbocycles. The summed E-state index contributed by atoms with van der Waals surface area (Å²) in [6, 6.07) is 6.38. The minimum Gasteiger partial charge on any atom is -0.391 e. The second kappa shape index (κ2) is 4.62. The first-order valence-corrected chi connectivity index (χ1v) is 5.46. The Morgan fingerprint density at radius 1 is 1.13 bits per heavy atom. The first-order chi connectivity index (χ1) is 7.25. The van der Waals surface area contributed by atoms with E-state index in [-0.39, 0.29) is 18.0 Å². The fourth-order valence-electron chi connectivity index (χ4n) is 2.04. The molecule has 15 heavy (non-hydrogen) atoms. The van der Waals surface area contributed by atoms with Gasteiger partial charge in [-0.05, 0) is 37.1 Å². The molecule has 2 N–H and O–H groups in total. The summed E-state index contributed by atoms with van der Waals surface area (Å²) in [5.74, 6) is -0.232. The van der Waals surface area contributed by atoms with Gasteiger partial charge in [0.2, 0.25) is 0 Å². The maximum atomic E-state index is 12.7. The molecule has 3 heteroatoms. The summed E-state index contributed by atoms with van der Waals surface area (Å²) in [7, 11) is 0. The number of halogens is 1. The number of rotatable bonds is 2. The van der Waals surface area contributed by atoms with Gasteiger partial charge >= 0.3 is 0 Å². The number of benzene rings is 1. The zero-order valence-corrected chi connectivity index (χ0v) is 8.62. The zero-order chi connectivity index (χ0) is 10.7. The second-order valence-corrected chi connectivity index (χ2v) is 4.11. The van der Waals surface area contributed by atoms with Crippen molar-refractivity contribution >= 4 is 5.69 Å². The molecule has 1 aromatic carbocycles. The van der Waals surface area contributed by atoms with E-state index in [0.29, 0.717) is 0 Å². The molecule has 0 spiro atoms. The number of hydrogen-bond donors (Lipinski definition) is 2. The van der Waals surface area contributed by atoms with Crippen LogP contribution in [0.25, 0.3) is 0 Å². The van der Waals surface area contributed by atoms with Gasteiger partial charge in [-0.1, -0.05) is 12.8 Å². The molecule has 0 aliphatic heterocycles. The van der Waals surface area contributed by atoms with Crippen molar-refractivity contribution in [3.63, 3.8) is 0 Å². The molecular formula is C12H16FNO. The molecule has 1 aliphatic carbocycles. The van der Waals surface area contributed by atoms with Gasteiger partial charge in [0.25, 0.3) is 0 Å². The van der Waals surface area contributed by atoms with Gasteiger partial charge in [0.15, 0.2) is 0 Å². The molecule has 0 radical (unpaired) electrons. The lowest BCUT2D eigenvalue weighted by molar-refractivity contribution is 0.116. The topological polar surface area (TPSA) is 32.3 Å². The van der Waals surface area contributed by atoms with E-state index in [1.54, 1.807) is 12.1 Å². The van der Waals surface area contributed by atoms with E-state index < -0.39 is 0 Å². The van der Waals surface area contributed by atoms with Gasteiger partial charge in [0.1, 0.15) is 5.82 Å². The molecule has 0 amide bonds. The molecule has 1 fully saturated rings. The predicted molar refractivity (Wildman–Crippen MR) is 58.3 cm³/mol. The lowest BCUT2D eigenvalue weighted by Gasteiger charge is -2.29. The van der Waals surface area contributed by atoms with Crippen molar-refractivity contribution in [3.05, 3.63) is 30.1 Å². The molecule has 82 valence electrons. The summed E-state index contributed by atoms with van der Waals surface area (Å²) < 4.78 is 12.7.